The lowest BCUT2D eigenvalue weighted by Crippen LogP contribution is -2.38. The van der Waals surface area contributed by atoms with Crippen LogP contribution >= 0.6 is 0 Å². The molecule has 0 spiro atoms. The molecule has 0 aliphatic heterocycles. The van der Waals surface area contributed by atoms with Gasteiger partial charge in [0.05, 0.1) is 12.1 Å². The molecule has 0 atom stereocenters. The number of benzene rings is 1. The molecule has 1 saturated carbocycles. The average molecular weight is 243 g/mol. The van der Waals surface area contributed by atoms with E-state index in [2.05, 4.69) is 11.2 Å². The van der Waals surface area contributed by atoms with Crippen LogP contribution in [0.1, 0.15) is 39.0 Å². The first-order valence-corrected chi connectivity index (χ1v) is 6.77. The molecule has 96 valence electrons. The van der Waals surface area contributed by atoms with Crippen molar-refractivity contribution >= 4 is 5.69 Å². The summed E-state index contributed by atoms with van der Waals surface area (Å²) in [6.07, 6.45) is 11.6. The molecule has 2 heteroatoms. The quantitative estimate of drug-likeness (QED) is 0.811. The molecule has 0 radical (unpaired) electrons. The Labute approximate surface area is 110 Å². The van der Waals surface area contributed by atoms with Crippen LogP contribution in [0.2, 0.25) is 0 Å². The van der Waals surface area contributed by atoms with E-state index in [-0.39, 0.29) is 5.54 Å². The first kappa shape index (κ1) is 12.8. The van der Waals surface area contributed by atoms with Crippen molar-refractivity contribution in [1.82, 2.24) is 0 Å². The Balaban J connectivity index is 2.05. The number of hydrogen-bond acceptors (Lipinski definition) is 2. The third-order valence-corrected chi connectivity index (χ3v) is 3.53. The maximum atomic E-state index is 5.73. The minimum Gasteiger partial charge on any atom is -0.494 e. The van der Waals surface area contributed by atoms with E-state index >= 15 is 0 Å². The van der Waals surface area contributed by atoms with E-state index in [1.54, 1.807) is 0 Å². The summed E-state index contributed by atoms with van der Waals surface area (Å²) >= 11 is 0. The van der Waals surface area contributed by atoms with Crippen LogP contribution in [0.25, 0.3) is 0 Å². The highest BCUT2D eigenvalue weighted by atomic mass is 16.5. The van der Waals surface area contributed by atoms with Crippen LogP contribution in [0.3, 0.4) is 0 Å². The summed E-state index contributed by atoms with van der Waals surface area (Å²) in [7, 11) is 0. The SMILES string of the molecule is C#CC1(Nc2ccc(OCC)cc2)CCCCC1. The third kappa shape index (κ3) is 2.98. The van der Waals surface area contributed by atoms with Gasteiger partial charge < -0.3 is 10.1 Å². The Hall–Kier alpha value is -1.62. The zero-order valence-corrected chi connectivity index (χ0v) is 11.0. The fourth-order valence-corrected chi connectivity index (χ4v) is 2.54. The summed E-state index contributed by atoms with van der Waals surface area (Å²) in [4.78, 5) is 0. The largest absolute Gasteiger partial charge is 0.494 e. The van der Waals surface area contributed by atoms with Crippen LogP contribution in [-0.4, -0.2) is 12.1 Å². The molecular formula is C16H21NO. The molecule has 1 aliphatic carbocycles. The van der Waals surface area contributed by atoms with Crippen LogP contribution in [0.5, 0.6) is 5.75 Å². The molecule has 18 heavy (non-hydrogen) atoms. The van der Waals surface area contributed by atoms with Gasteiger partial charge in [0, 0.05) is 5.69 Å². The molecule has 0 saturated heterocycles. The average Bonchev–Trinajstić information content (AvgIpc) is 2.42. The Kier molecular flexibility index (Phi) is 4.15. The number of nitrogens with one attached hydrogen (secondary N) is 1. The first-order valence-electron chi connectivity index (χ1n) is 6.77. The minimum atomic E-state index is -0.147. The number of anilines is 1. The summed E-state index contributed by atoms with van der Waals surface area (Å²) in [5.74, 6) is 3.87. The van der Waals surface area contributed by atoms with Crippen molar-refractivity contribution in [2.24, 2.45) is 0 Å². The van der Waals surface area contributed by atoms with Crippen LogP contribution in [0, 0.1) is 12.3 Å². The summed E-state index contributed by atoms with van der Waals surface area (Å²) in [6.45, 7) is 2.68. The lowest BCUT2D eigenvalue weighted by Gasteiger charge is -2.34. The molecule has 0 aromatic heterocycles. The summed E-state index contributed by atoms with van der Waals surface area (Å²) < 4.78 is 5.43. The Bertz CT molecular complexity index is 410. The van der Waals surface area contributed by atoms with Crippen molar-refractivity contribution in [2.45, 2.75) is 44.6 Å². The van der Waals surface area contributed by atoms with E-state index in [1.807, 2.05) is 31.2 Å². The van der Waals surface area contributed by atoms with Gasteiger partial charge >= 0.3 is 0 Å². The van der Waals surface area contributed by atoms with Crippen molar-refractivity contribution < 1.29 is 4.74 Å². The van der Waals surface area contributed by atoms with Crippen molar-refractivity contribution in [2.75, 3.05) is 11.9 Å². The van der Waals surface area contributed by atoms with Gasteiger partial charge in [0.25, 0.3) is 0 Å². The third-order valence-electron chi connectivity index (χ3n) is 3.53. The number of terminal acetylenes is 1. The molecule has 1 aromatic rings. The number of ether oxygens (including phenoxy) is 1. The second-order valence-corrected chi connectivity index (χ2v) is 4.87. The molecule has 1 aromatic carbocycles. The van der Waals surface area contributed by atoms with Gasteiger partial charge in [-0.15, -0.1) is 6.42 Å². The second-order valence-electron chi connectivity index (χ2n) is 4.87. The van der Waals surface area contributed by atoms with Gasteiger partial charge in [-0.2, -0.15) is 0 Å². The van der Waals surface area contributed by atoms with Gasteiger partial charge in [-0.3, -0.25) is 0 Å². The summed E-state index contributed by atoms with van der Waals surface area (Å²) in [5.41, 5.74) is 0.934. The molecule has 0 unspecified atom stereocenters. The second kappa shape index (κ2) is 5.82. The van der Waals surface area contributed by atoms with E-state index < -0.39 is 0 Å². The van der Waals surface area contributed by atoms with E-state index in [0.29, 0.717) is 6.61 Å². The highest BCUT2D eigenvalue weighted by molar-refractivity contribution is 5.50. The summed E-state index contributed by atoms with van der Waals surface area (Å²) in [5, 5.41) is 3.52. The monoisotopic (exact) mass is 243 g/mol. The zero-order valence-electron chi connectivity index (χ0n) is 11.0. The number of rotatable bonds is 4. The maximum absolute atomic E-state index is 5.73. The van der Waals surface area contributed by atoms with Crippen LogP contribution in [0.15, 0.2) is 24.3 Å². The predicted molar refractivity (Wildman–Crippen MR) is 75.9 cm³/mol. The normalized spacial score (nSPS) is 17.8. The molecule has 2 nitrogen and oxygen atoms in total. The maximum Gasteiger partial charge on any atom is 0.119 e. The lowest BCUT2D eigenvalue weighted by atomic mass is 9.82. The molecule has 0 amide bonds. The topological polar surface area (TPSA) is 21.3 Å². The first-order chi connectivity index (χ1) is 8.78. The molecule has 0 bridgehead atoms. The van der Waals surface area contributed by atoms with E-state index in [9.17, 15) is 0 Å². The Morgan fingerprint density at radius 2 is 1.89 bits per heavy atom. The zero-order chi connectivity index (χ0) is 12.8. The molecule has 1 aliphatic rings. The van der Waals surface area contributed by atoms with Gasteiger partial charge in [-0.05, 0) is 44.0 Å². The fourth-order valence-electron chi connectivity index (χ4n) is 2.54. The molecule has 1 fully saturated rings. The standard InChI is InChI=1S/C16H21NO/c1-3-16(12-6-5-7-13-16)17-14-8-10-15(11-9-14)18-4-2/h1,8-11,17H,4-7,12-13H2,2H3. The van der Waals surface area contributed by atoms with Crippen molar-refractivity contribution in [3.05, 3.63) is 24.3 Å². The minimum absolute atomic E-state index is 0.147. The smallest absolute Gasteiger partial charge is 0.119 e. The van der Waals surface area contributed by atoms with E-state index in [1.165, 1.54) is 19.3 Å². The van der Waals surface area contributed by atoms with Gasteiger partial charge in [-0.25, -0.2) is 0 Å². The fraction of sp³-hybridized carbons (Fsp3) is 0.500. The molecule has 0 heterocycles. The highest BCUT2D eigenvalue weighted by Gasteiger charge is 2.29. The van der Waals surface area contributed by atoms with Gasteiger partial charge in [0.1, 0.15) is 5.75 Å². The predicted octanol–water partition coefficient (Wildman–Crippen LogP) is 3.83. The van der Waals surface area contributed by atoms with Gasteiger partial charge in [0.15, 0.2) is 0 Å². The molecule has 1 N–H and O–H groups in total. The van der Waals surface area contributed by atoms with Crippen molar-refractivity contribution in [3.8, 4) is 18.1 Å². The highest BCUT2D eigenvalue weighted by Crippen LogP contribution is 2.31. The van der Waals surface area contributed by atoms with Crippen LogP contribution < -0.4 is 10.1 Å². The van der Waals surface area contributed by atoms with Gasteiger partial charge in [0.2, 0.25) is 0 Å². The number of hydrogen-bond donors (Lipinski definition) is 1. The van der Waals surface area contributed by atoms with Crippen LogP contribution in [0.4, 0.5) is 5.69 Å². The Morgan fingerprint density at radius 1 is 1.22 bits per heavy atom. The summed E-state index contributed by atoms with van der Waals surface area (Å²) in [6, 6.07) is 8.05. The van der Waals surface area contributed by atoms with Crippen LogP contribution in [-0.2, 0) is 0 Å². The van der Waals surface area contributed by atoms with E-state index in [4.69, 9.17) is 11.2 Å². The van der Waals surface area contributed by atoms with Gasteiger partial charge in [-0.1, -0.05) is 25.2 Å². The van der Waals surface area contributed by atoms with Crippen molar-refractivity contribution in [3.63, 3.8) is 0 Å². The Morgan fingerprint density at radius 3 is 2.44 bits per heavy atom. The molecular weight excluding hydrogens is 222 g/mol. The van der Waals surface area contributed by atoms with Crippen molar-refractivity contribution in [1.29, 1.82) is 0 Å². The van der Waals surface area contributed by atoms with E-state index in [0.717, 1.165) is 24.3 Å². The molecule has 2 rings (SSSR count). The lowest BCUT2D eigenvalue weighted by molar-refractivity contribution is 0.340.